The number of hydrogen-bond donors (Lipinski definition) is 2. The number of rotatable bonds is 3. The van der Waals surface area contributed by atoms with Gasteiger partial charge in [0, 0.05) is 123 Å². The molecule has 1 aliphatic heterocycles. The molecule has 2 bridgehead atoms. The van der Waals surface area contributed by atoms with Crippen LogP contribution in [0.3, 0.4) is 0 Å². The number of esters is 2. The Balaban J connectivity index is 0.00000196. The predicted octanol–water partition coefficient (Wildman–Crippen LogP) is 4.26. The summed E-state index contributed by atoms with van der Waals surface area (Å²) in [5, 5.41) is 24.1. The van der Waals surface area contributed by atoms with E-state index in [2.05, 4.69) is 27.2 Å². The fourth-order valence-corrected chi connectivity index (χ4v) is 8.44. The van der Waals surface area contributed by atoms with E-state index < -0.39 is 52.1 Å². The summed E-state index contributed by atoms with van der Waals surface area (Å²) in [4.78, 5) is 26.2. The second-order valence-electron chi connectivity index (χ2n) is 12.8. The predicted molar refractivity (Wildman–Crippen MR) is 141 cm³/mol. The first-order chi connectivity index (χ1) is 17.7. The smallest absolute Gasteiger partial charge is 0.338 e. The minimum absolute atomic E-state index is 0. The molecule has 5 rings (SSSR count). The summed E-state index contributed by atoms with van der Waals surface area (Å²) in [7, 11) is 0. The second-order valence-corrected chi connectivity index (χ2v) is 12.8. The van der Waals surface area contributed by atoms with Gasteiger partial charge in [0.15, 0.2) is 5.60 Å². The van der Waals surface area contributed by atoms with Crippen LogP contribution in [-0.2, 0) is 117 Å². The van der Waals surface area contributed by atoms with Crippen LogP contribution in [0.15, 0.2) is 41.5 Å². The van der Waals surface area contributed by atoms with Crippen molar-refractivity contribution in [3.05, 3.63) is 53.5 Å². The van der Waals surface area contributed by atoms with Crippen LogP contribution >= 0.6 is 0 Å². The standard InChI is InChI=1S/C31H41O7.3Y/c1-17-14-29(7)18(2)13-23-30(16-36-23,38-20(4)32)25(29)26(37-27(34)21-11-9-8-10-12-21)31(35)15-22(33)19(3)24(17)28(31,5)6;;;/h8-12,14,17-18,22-23,25-26,33,35H,13,15-16H2,1-7H3;;;/q-1;;;/t17-,18-,22-,23+,25?,26-,29+,30-,31+;;;/m0.../s1. The van der Waals surface area contributed by atoms with E-state index in [4.69, 9.17) is 14.2 Å². The van der Waals surface area contributed by atoms with Crippen LogP contribution in [0.25, 0.3) is 0 Å². The molecule has 217 valence electrons. The third-order valence-corrected chi connectivity index (χ3v) is 10.5. The normalized spacial score (nSPS) is 40.3. The number of aliphatic hydroxyl groups excluding tert-OH is 1. The molecule has 4 aliphatic rings. The quantitative estimate of drug-likeness (QED) is 0.268. The van der Waals surface area contributed by atoms with Crippen molar-refractivity contribution < 1.29 is 132 Å². The van der Waals surface area contributed by atoms with Gasteiger partial charge in [-0.2, -0.15) is 0 Å². The number of hydrogen-bond acceptors (Lipinski definition) is 7. The minimum atomic E-state index is -1.65. The summed E-state index contributed by atoms with van der Waals surface area (Å²) >= 11 is 0. The van der Waals surface area contributed by atoms with Gasteiger partial charge < -0.3 is 30.8 Å². The molecular weight excluding hydrogens is 751 g/mol. The first kappa shape index (κ1) is 38.3. The first-order valence-electron chi connectivity index (χ1n) is 13.7. The molecule has 2 N–H and O–H groups in total. The van der Waals surface area contributed by atoms with E-state index in [0.29, 0.717) is 12.0 Å². The Bertz CT molecular complexity index is 1170. The van der Waals surface area contributed by atoms with Gasteiger partial charge in [0.2, 0.25) is 0 Å². The van der Waals surface area contributed by atoms with Crippen LogP contribution in [0.2, 0.25) is 0 Å². The van der Waals surface area contributed by atoms with Crippen molar-refractivity contribution >= 4 is 11.9 Å². The van der Waals surface area contributed by atoms with Crippen molar-refractivity contribution in [2.75, 3.05) is 6.61 Å². The van der Waals surface area contributed by atoms with Gasteiger partial charge in [-0.25, -0.2) is 4.79 Å². The maximum absolute atomic E-state index is 13.7. The molecule has 0 amide bonds. The van der Waals surface area contributed by atoms with Gasteiger partial charge >= 0.3 is 11.9 Å². The van der Waals surface area contributed by atoms with E-state index >= 15 is 0 Å². The molecule has 0 aromatic heterocycles. The van der Waals surface area contributed by atoms with Gasteiger partial charge in [-0.05, 0) is 31.1 Å². The molecule has 1 aromatic rings. The number of aliphatic hydroxyl groups is 2. The molecule has 1 saturated heterocycles. The van der Waals surface area contributed by atoms with Crippen molar-refractivity contribution in [3.63, 3.8) is 0 Å². The van der Waals surface area contributed by atoms with E-state index in [1.807, 2.05) is 26.8 Å². The molecule has 2 saturated carbocycles. The van der Waals surface area contributed by atoms with Crippen molar-refractivity contribution in [2.45, 2.75) is 90.8 Å². The van der Waals surface area contributed by atoms with Crippen molar-refractivity contribution in [1.29, 1.82) is 0 Å². The van der Waals surface area contributed by atoms with Crippen LogP contribution in [-0.4, -0.2) is 58.3 Å². The average Bonchev–Trinajstić information content (AvgIpc) is 2.83. The Morgan fingerprint density at radius 2 is 1.68 bits per heavy atom. The number of fused-ring (bicyclic) bond motifs is 5. The summed E-state index contributed by atoms with van der Waals surface area (Å²) in [6.07, 6.45) is 0.579. The van der Waals surface area contributed by atoms with Crippen LogP contribution < -0.4 is 0 Å². The summed E-state index contributed by atoms with van der Waals surface area (Å²) in [5.41, 5.74) is -1.99. The van der Waals surface area contributed by atoms with E-state index in [-0.39, 0.29) is 129 Å². The molecule has 1 heterocycles. The first-order valence-corrected chi connectivity index (χ1v) is 13.7. The van der Waals surface area contributed by atoms with Crippen LogP contribution in [0.4, 0.5) is 0 Å². The van der Waals surface area contributed by atoms with Crippen molar-refractivity contribution in [1.82, 2.24) is 0 Å². The number of carbonyl (C=O) groups is 2. The van der Waals surface area contributed by atoms with Gasteiger partial charge in [-0.15, -0.1) is 11.3 Å². The van der Waals surface area contributed by atoms with E-state index in [1.165, 1.54) is 6.92 Å². The Morgan fingerprint density at radius 1 is 1.07 bits per heavy atom. The number of ether oxygens (including phenoxy) is 3. The van der Waals surface area contributed by atoms with E-state index in [1.54, 1.807) is 24.3 Å². The maximum Gasteiger partial charge on any atom is 0.338 e. The zero-order valence-corrected chi connectivity index (χ0v) is 33.7. The summed E-state index contributed by atoms with van der Waals surface area (Å²) in [6.45, 7) is 13.8. The van der Waals surface area contributed by atoms with Crippen molar-refractivity contribution in [3.8, 4) is 0 Å². The molecule has 7 nitrogen and oxygen atoms in total. The SMILES string of the molecule is CC(=O)O[C@@]12CO[C@@H]1C[C@H](C)[C@@]1(C)[CH-][C@H](C)C3=C(C)[C@@H](O)C[C@@](O)([C@@H](OC(=O)c4ccccc4)C12)C3(C)C.[Y].[Y].[Y]. The zero-order chi connectivity index (χ0) is 27.8. The molecule has 41 heavy (non-hydrogen) atoms. The number of carbonyl (C=O) groups excluding carboxylic acids is 2. The topological polar surface area (TPSA) is 102 Å². The molecule has 9 atom stereocenters. The molecule has 1 aromatic carbocycles. The summed E-state index contributed by atoms with van der Waals surface area (Å²) < 4.78 is 18.6. The van der Waals surface area contributed by atoms with Crippen LogP contribution in [0.5, 0.6) is 0 Å². The van der Waals surface area contributed by atoms with Gasteiger partial charge in [0.1, 0.15) is 17.8 Å². The molecule has 0 spiro atoms. The van der Waals surface area contributed by atoms with Gasteiger partial charge in [-0.1, -0.05) is 64.3 Å². The Labute approximate surface area is 319 Å². The van der Waals surface area contributed by atoms with Crippen molar-refractivity contribution in [2.24, 2.45) is 28.6 Å². The molecule has 10 heteroatoms. The monoisotopic (exact) mass is 792 g/mol. The Morgan fingerprint density at radius 3 is 2.22 bits per heavy atom. The molecule has 1 unspecified atom stereocenters. The maximum atomic E-state index is 13.7. The fourth-order valence-electron chi connectivity index (χ4n) is 8.44. The van der Waals surface area contributed by atoms with E-state index in [0.717, 1.165) is 11.1 Å². The third-order valence-electron chi connectivity index (χ3n) is 10.5. The summed E-state index contributed by atoms with van der Waals surface area (Å²) in [6, 6.07) is 8.71. The molecular formula is C31H41O7Y3-. The summed E-state index contributed by atoms with van der Waals surface area (Å²) in [5.74, 6) is -1.61. The van der Waals surface area contributed by atoms with Gasteiger partial charge in [0.05, 0.1) is 18.3 Å². The van der Waals surface area contributed by atoms with E-state index in [9.17, 15) is 19.8 Å². The van der Waals surface area contributed by atoms with Gasteiger partial charge in [0.25, 0.3) is 0 Å². The number of benzene rings is 1. The minimum Gasteiger partial charge on any atom is -0.455 e. The van der Waals surface area contributed by atoms with Crippen LogP contribution in [0, 0.1) is 35.0 Å². The molecule has 3 fully saturated rings. The largest absolute Gasteiger partial charge is 0.455 e. The van der Waals surface area contributed by atoms with Gasteiger partial charge in [-0.3, -0.25) is 4.79 Å². The fraction of sp³-hybridized carbons (Fsp3) is 0.645. The second kappa shape index (κ2) is 13.4. The molecule has 3 aliphatic carbocycles. The van der Waals surface area contributed by atoms with Crippen LogP contribution in [0.1, 0.15) is 71.7 Å². The average molecular weight is 792 g/mol. The zero-order valence-electron chi connectivity index (χ0n) is 25.2. The Kier molecular flexibility index (Phi) is 12.6. The molecule has 3 radical (unpaired) electrons. The third kappa shape index (κ3) is 5.91. The Hall–Kier alpha value is 1.09.